The number of rotatable bonds is 8. The summed E-state index contributed by atoms with van der Waals surface area (Å²) in [6, 6.07) is 7.23. The number of ether oxygens (including phenoxy) is 3. The van der Waals surface area contributed by atoms with Crippen LogP contribution in [-0.4, -0.2) is 50.3 Å². The van der Waals surface area contributed by atoms with E-state index in [4.69, 9.17) is 25.8 Å². The monoisotopic (exact) mass is 449 g/mol. The molecule has 1 heterocycles. The fourth-order valence-corrected chi connectivity index (χ4v) is 3.44. The van der Waals surface area contributed by atoms with Gasteiger partial charge in [0.05, 0.1) is 53.3 Å². The van der Waals surface area contributed by atoms with Crippen LogP contribution in [0.25, 0.3) is 0 Å². The van der Waals surface area contributed by atoms with Gasteiger partial charge in [0.1, 0.15) is 11.5 Å². The average molecular weight is 450 g/mol. The first kappa shape index (κ1) is 22.6. The Labute approximate surface area is 185 Å². The van der Waals surface area contributed by atoms with E-state index < -0.39 is 10.8 Å². The number of nitro benzene ring substituents is 1. The number of nitrogens with zero attached hydrogens (tertiary/aromatic N) is 2. The molecule has 0 atom stereocenters. The lowest BCUT2D eigenvalue weighted by Crippen LogP contribution is -2.36. The highest BCUT2D eigenvalue weighted by Crippen LogP contribution is 2.39. The van der Waals surface area contributed by atoms with E-state index >= 15 is 0 Å². The Kier molecular flexibility index (Phi) is 7.54. The van der Waals surface area contributed by atoms with Crippen LogP contribution in [0, 0.1) is 10.1 Å². The van der Waals surface area contributed by atoms with Crippen molar-refractivity contribution in [1.29, 1.82) is 0 Å². The first-order chi connectivity index (χ1) is 14.9. The highest BCUT2D eigenvalue weighted by molar-refractivity contribution is 6.34. The van der Waals surface area contributed by atoms with E-state index in [2.05, 4.69) is 10.2 Å². The number of hydrogen-bond acceptors (Lipinski definition) is 7. The lowest BCUT2D eigenvalue weighted by atomic mass is 10.1. The molecule has 9 nitrogen and oxygen atoms in total. The minimum Gasteiger partial charge on any atom is -0.492 e. The first-order valence-electron chi connectivity index (χ1n) is 9.96. The predicted octanol–water partition coefficient (Wildman–Crippen LogP) is 4.13. The van der Waals surface area contributed by atoms with Crippen molar-refractivity contribution in [1.82, 2.24) is 0 Å². The van der Waals surface area contributed by atoms with Crippen molar-refractivity contribution in [3.8, 4) is 11.5 Å². The Hall–Kier alpha value is -3.04. The number of carbonyl (C=O) groups excluding carboxylic acids is 1. The third-order valence-corrected chi connectivity index (χ3v) is 5.00. The number of non-ortho nitro benzene ring substituents is 1. The van der Waals surface area contributed by atoms with Gasteiger partial charge in [-0.1, -0.05) is 11.6 Å². The molecule has 1 saturated heterocycles. The standard InChI is InChI=1S/C21H24ClN3O6/c1-3-30-19-13-18(24-7-9-29-10-8-24)20(31-4-2)12-17(19)23-21(26)15-11-14(25(27)28)5-6-16(15)22/h5-6,11-13H,3-4,7-10H2,1-2H3,(H,23,26). The fraction of sp³-hybridized carbons (Fsp3) is 0.381. The van der Waals surface area contributed by atoms with Crippen LogP contribution in [0.15, 0.2) is 30.3 Å². The topological polar surface area (TPSA) is 103 Å². The maximum Gasteiger partial charge on any atom is 0.270 e. The van der Waals surface area contributed by atoms with Gasteiger partial charge in [-0.2, -0.15) is 0 Å². The lowest BCUT2D eigenvalue weighted by Gasteiger charge is -2.31. The van der Waals surface area contributed by atoms with Gasteiger partial charge in [0.15, 0.2) is 0 Å². The molecule has 2 aromatic carbocycles. The number of nitro groups is 1. The number of benzene rings is 2. The summed E-state index contributed by atoms with van der Waals surface area (Å²) in [5.74, 6) is 0.465. The number of morpholine rings is 1. The van der Waals surface area contributed by atoms with Gasteiger partial charge < -0.3 is 24.4 Å². The number of amides is 1. The molecule has 1 fully saturated rings. The number of anilines is 2. The summed E-state index contributed by atoms with van der Waals surface area (Å²) in [6.07, 6.45) is 0. The van der Waals surface area contributed by atoms with Crippen LogP contribution in [-0.2, 0) is 4.74 Å². The van der Waals surface area contributed by atoms with Crippen LogP contribution < -0.4 is 19.7 Å². The van der Waals surface area contributed by atoms with E-state index in [9.17, 15) is 14.9 Å². The molecular weight excluding hydrogens is 426 g/mol. The van der Waals surface area contributed by atoms with Crippen LogP contribution in [0.1, 0.15) is 24.2 Å². The van der Waals surface area contributed by atoms with Gasteiger partial charge in [-0.3, -0.25) is 14.9 Å². The van der Waals surface area contributed by atoms with Crippen LogP contribution in [0.2, 0.25) is 5.02 Å². The van der Waals surface area contributed by atoms with Crippen molar-refractivity contribution in [2.24, 2.45) is 0 Å². The second kappa shape index (κ2) is 10.3. The highest BCUT2D eigenvalue weighted by atomic mass is 35.5. The molecule has 0 radical (unpaired) electrons. The van der Waals surface area contributed by atoms with Crippen molar-refractivity contribution in [3.05, 3.63) is 51.0 Å². The summed E-state index contributed by atoms with van der Waals surface area (Å²) >= 11 is 6.11. The minimum absolute atomic E-state index is 0.00599. The van der Waals surface area contributed by atoms with Crippen LogP contribution >= 0.6 is 11.6 Å². The molecule has 0 spiro atoms. The SMILES string of the molecule is CCOc1cc(N2CCOCC2)c(OCC)cc1NC(=O)c1cc([N+](=O)[O-])ccc1Cl. The summed E-state index contributed by atoms with van der Waals surface area (Å²) in [7, 11) is 0. The summed E-state index contributed by atoms with van der Waals surface area (Å²) in [5, 5.41) is 13.9. The average Bonchev–Trinajstić information content (AvgIpc) is 2.76. The molecule has 0 aliphatic carbocycles. The van der Waals surface area contributed by atoms with Gasteiger partial charge in [0.25, 0.3) is 11.6 Å². The molecule has 3 rings (SSSR count). The van der Waals surface area contributed by atoms with Crippen molar-refractivity contribution >= 4 is 34.6 Å². The minimum atomic E-state index is -0.587. The Bertz CT molecular complexity index is 962. The molecule has 1 aliphatic heterocycles. The summed E-state index contributed by atoms with van der Waals surface area (Å²) in [4.78, 5) is 25.5. The summed E-state index contributed by atoms with van der Waals surface area (Å²) in [5.41, 5.74) is 1.00. The number of halogens is 1. The first-order valence-corrected chi connectivity index (χ1v) is 10.3. The number of nitrogens with one attached hydrogen (secondary N) is 1. The second-order valence-electron chi connectivity index (χ2n) is 6.66. The Balaban J connectivity index is 1.97. The zero-order valence-electron chi connectivity index (χ0n) is 17.4. The van der Waals surface area contributed by atoms with E-state index in [1.54, 1.807) is 6.07 Å². The third kappa shape index (κ3) is 5.36. The van der Waals surface area contributed by atoms with Gasteiger partial charge in [0.2, 0.25) is 0 Å². The van der Waals surface area contributed by atoms with Gasteiger partial charge in [-0.25, -0.2) is 0 Å². The molecule has 1 N–H and O–H groups in total. The Morgan fingerprint density at radius 1 is 1.16 bits per heavy atom. The maximum absolute atomic E-state index is 12.9. The van der Waals surface area contributed by atoms with E-state index in [0.29, 0.717) is 56.7 Å². The molecule has 0 bridgehead atoms. The molecule has 0 unspecified atom stereocenters. The molecular formula is C21H24ClN3O6. The van der Waals surface area contributed by atoms with E-state index in [0.717, 1.165) is 11.8 Å². The van der Waals surface area contributed by atoms with E-state index in [-0.39, 0.29) is 16.3 Å². The summed E-state index contributed by atoms with van der Waals surface area (Å²) in [6.45, 7) is 7.18. The smallest absolute Gasteiger partial charge is 0.270 e. The van der Waals surface area contributed by atoms with Crippen LogP contribution in [0.3, 0.4) is 0 Å². The molecule has 166 valence electrons. The van der Waals surface area contributed by atoms with Crippen molar-refractivity contribution < 1.29 is 23.9 Å². The summed E-state index contributed by atoms with van der Waals surface area (Å²) < 4.78 is 17.0. The largest absolute Gasteiger partial charge is 0.492 e. The third-order valence-electron chi connectivity index (χ3n) is 4.67. The second-order valence-corrected chi connectivity index (χ2v) is 7.06. The fourth-order valence-electron chi connectivity index (χ4n) is 3.23. The van der Waals surface area contributed by atoms with Crippen molar-refractivity contribution in [2.75, 3.05) is 49.7 Å². The van der Waals surface area contributed by atoms with E-state index in [1.807, 2.05) is 19.9 Å². The van der Waals surface area contributed by atoms with Crippen molar-refractivity contribution in [3.63, 3.8) is 0 Å². The van der Waals surface area contributed by atoms with Gasteiger partial charge >= 0.3 is 0 Å². The normalized spacial score (nSPS) is 13.6. The molecule has 2 aromatic rings. The number of hydrogen-bond donors (Lipinski definition) is 1. The van der Waals surface area contributed by atoms with Crippen LogP contribution in [0.5, 0.6) is 11.5 Å². The van der Waals surface area contributed by atoms with Crippen LogP contribution in [0.4, 0.5) is 17.1 Å². The predicted molar refractivity (Wildman–Crippen MR) is 118 cm³/mol. The van der Waals surface area contributed by atoms with Gasteiger partial charge in [-0.05, 0) is 19.9 Å². The van der Waals surface area contributed by atoms with Gasteiger partial charge in [0, 0.05) is 37.4 Å². The molecule has 0 aromatic heterocycles. The maximum atomic E-state index is 12.9. The lowest BCUT2D eigenvalue weighted by molar-refractivity contribution is -0.384. The zero-order chi connectivity index (χ0) is 22.4. The highest BCUT2D eigenvalue weighted by Gasteiger charge is 2.22. The Morgan fingerprint density at radius 3 is 2.48 bits per heavy atom. The van der Waals surface area contributed by atoms with Crippen molar-refractivity contribution in [2.45, 2.75) is 13.8 Å². The van der Waals surface area contributed by atoms with E-state index in [1.165, 1.54) is 12.1 Å². The molecule has 0 saturated carbocycles. The molecule has 10 heteroatoms. The molecule has 1 amide bonds. The quantitative estimate of drug-likeness (QED) is 0.477. The molecule has 31 heavy (non-hydrogen) atoms. The Morgan fingerprint density at radius 2 is 1.84 bits per heavy atom. The molecule has 1 aliphatic rings. The number of carbonyl (C=O) groups is 1. The van der Waals surface area contributed by atoms with Gasteiger partial charge in [-0.15, -0.1) is 0 Å². The zero-order valence-corrected chi connectivity index (χ0v) is 18.1.